The predicted octanol–water partition coefficient (Wildman–Crippen LogP) is 2.99. The van der Waals surface area contributed by atoms with Crippen molar-refractivity contribution in [3.8, 4) is 0 Å². The number of halogens is 1. The first-order valence-corrected chi connectivity index (χ1v) is 8.00. The maximum atomic E-state index is 13.2. The number of aryl methyl sites for hydroxylation is 2. The van der Waals surface area contributed by atoms with Gasteiger partial charge in [0.15, 0.2) is 0 Å². The molecule has 1 atom stereocenters. The zero-order valence-corrected chi connectivity index (χ0v) is 14.0. The third-order valence-corrected chi connectivity index (χ3v) is 4.08. The number of nitrogens with one attached hydrogen (secondary N) is 2. The minimum Gasteiger partial charge on any atom is -0.361 e. The third-order valence-electron chi connectivity index (χ3n) is 4.08. The molecule has 1 unspecified atom stereocenters. The van der Waals surface area contributed by atoms with Crippen LogP contribution in [0.5, 0.6) is 0 Å². The maximum Gasteiger partial charge on any atom is 0.221 e. The van der Waals surface area contributed by atoms with Crippen molar-refractivity contribution in [2.24, 2.45) is 0 Å². The van der Waals surface area contributed by atoms with E-state index in [1.165, 1.54) is 12.1 Å². The van der Waals surface area contributed by atoms with Crippen molar-refractivity contribution >= 4 is 5.91 Å². The topological polar surface area (TPSA) is 83.8 Å². The summed E-state index contributed by atoms with van der Waals surface area (Å²) in [6.07, 6.45) is 4.13. The van der Waals surface area contributed by atoms with Gasteiger partial charge in [0.1, 0.15) is 23.4 Å². The largest absolute Gasteiger partial charge is 0.361 e. The summed E-state index contributed by atoms with van der Waals surface area (Å²) in [4.78, 5) is 19.6. The van der Waals surface area contributed by atoms with Gasteiger partial charge in [-0.1, -0.05) is 17.3 Å². The summed E-state index contributed by atoms with van der Waals surface area (Å²) in [6, 6.07) is 5.53. The first kappa shape index (κ1) is 16.9. The number of imidazole rings is 1. The second kappa shape index (κ2) is 7.29. The summed E-state index contributed by atoms with van der Waals surface area (Å²) < 4.78 is 18.3. The van der Waals surface area contributed by atoms with E-state index in [1.807, 2.05) is 13.8 Å². The molecule has 0 aliphatic carbocycles. The SMILES string of the molecule is Cc1noc(C)c1CCC(=O)NC(c1ccc(F)cc1)c1ncc[nH]1. The molecule has 25 heavy (non-hydrogen) atoms. The van der Waals surface area contributed by atoms with E-state index in [2.05, 4.69) is 20.4 Å². The highest BCUT2D eigenvalue weighted by molar-refractivity contribution is 5.77. The number of aromatic nitrogens is 3. The average Bonchev–Trinajstić information content (AvgIpc) is 3.23. The highest BCUT2D eigenvalue weighted by atomic mass is 19.1. The summed E-state index contributed by atoms with van der Waals surface area (Å²) in [7, 11) is 0. The van der Waals surface area contributed by atoms with Crippen molar-refractivity contribution in [2.75, 3.05) is 0 Å². The summed E-state index contributed by atoms with van der Waals surface area (Å²) in [5.41, 5.74) is 2.50. The molecule has 0 fully saturated rings. The first-order valence-electron chi connectivity index (χ1n) is 8.00. The van der Waals surface area contributed by atoms with Gasteiger partial charge >= 0.3 is 0 Å². The molecule has 0 spiro atoms. The summed E-state index contributed by atoms with van der Waals surface area (Å²) in [6.45, 7) is 3.69. The quantitative estimate of drug-likeness (QED) is 0.721. The van der Waals surface area contributed by atoms with Crippen molar-refractivity contribution in [1.82, 2.24) is 20.4 Å². The van der Waals surface area contributed by atoms with E-state index in [-0.39, 0.29) is 11.7 Å². The minimum absolute atomic E-state index is 0.134. The van der Waals surface area contributed by atoms with Crippen LogP contribution in [0.15, 0.2) is 41.2 Å². The monoisotopic (exact) mass is 342 g/mol. The lowest BCUT2D eigenvalue weighted by Crippen LogP contribution is -2.30. The Balaban J connectivity index is 1.72. The van der Waals surface area contributed by atoms with Crippen molar-refractivity contribution in [2.45, 2.75) is 32.7 Å². The number of amides is 1. The molecule has 2 aromatic heterocycles. The third kappa shape index (κ3) is 3.93. The summed E-state index contributed by atoms with van der Waals surface area (Å²) >= 11 is 0. The van der Waals surface area contributed by atoms with Crippen molar-refractivity contribution in [1.29, 1.82) is 0 Å². The first-order chi connectivity index (χ1) is 12.0. The number of carbonyl (C=O) groups excluding carboxylic acids is 1. The van der Waals surface area contributed by atoms with Gasteiger partial charge in [-0.15, -0.1) is 0 Å². The molecule has 3 aromatic rings. The van der Waals surface area contributed by atoms with Crippen LogP contribution < -0.4 is 5.32 Å². The Kier molecular flexibility index (Phi) is 4.92. The number of rotatable bonds is 6. The van der Waals surface area contributed by atoms with Gasteiger partial charge in [-0.3, -0.25) is 4.79 Å². The number of benzene rings is 1. The molecule has 2 N–H and O–H groups in total. The molecule has 0 aliphatic rings. The maximum absolute atomic E-state index is 13.2. The van der Waals surface area contributed by atoms with Crippen LogP contribution >= 0.6 is 0 Å². The Morgan fingerprint density at radius 1 is 1.32 bits per heavy atom. The summed E-state index contributed by atoms with van der Waals surface area (Å²) in [5, 5.41) is 6.84. The van der Waals surface area contributed by atoms with Crippen LogP contribution in [-0.2, 0) is 11.2 Å². The van der Waals surface area contributed by atoms with Crippen LogP contribution in [0.2, 0.25) is 0 Å². The Morgan fingerprint density at radius 3 is 2.68 bits per heavy atom. The van der Waals surface area contributed by atoms with Crippen LogP contribution in [0.3, 0.4) is 0 Å². The van der Waals surface area contributed by atoms with Gasteiger partial charge in [0.05, 0.1) is 5.69 Å². The fraction of sp³-hybridized carbons (Fsp3) is 0.278. The van der Waals surface area contributed by atoms with Crippen LogP contribution in [0.25, 0.3) is 0 Å². The Bertz CT molecular complexity index is 821. The van der Waals surface area contributed by atoms with E-state index in [9.17, 15) is 9.18 Å². The fourth-order valence-electron chi connectivity index (χ4n) is 2.73. The molecule has 130 valence electrons. The second-order valence-electron chi connectivity index (χ2n) is 5.83. The molecule has 3 rings (SSSR count). The van der Waals surface area contributed by atoms with Gasteiger partial charge < -0.3 is 14.8 Å². The Morgan fingerprint density at radius 2 is 2.08 bits per heavy atom. The lowest BCUT2D eigenvalue weighted by Gasteiger charge is -2.17. The normalized spacial score (nSPS) is 12.1. The molecular weight excluding hydrogens is 323 g/mol. The molecule has 1 aromatic carbocycles. The van der Waals surface area contributed by atoms with Gasteiger partial charge in [0.25, 0.3) is 0 Å². The number of hydrogen-bond donors (Lipinski definition) is 2. The molecule has 6 nitrogen and oxygen atoms in total. The van der Waals surface area contributed by atoms with Gasteiger partial charge in [-0.2, -0.15) is 0 Å². The molecule has 0 saturated heterocycles. The Labute approximate surface area is 144 Å². The highest BCUT2D eigenvalue weighted by Crippen LogP contribution is 2.20. The van der Waals surface area contributed by atoms with E-state index < -0.39 is 6.04 Å². The van der Waals surface area contributed by atoms with Crippen LogP contribution in [-0.4, -0.2) is 21.0 Å². The Hall–Kier alpha value is -2.96. The zero-order chi connectivity index (χ0) is 17.8. The lowest BCUT2D eigenvalue weighted by molar-refractivity contribution is -0.121. The van der Waals surface area contributed by atoms with E-state index in [4.69, 9.17) is 4.52 Å². The molecule has 0 aliphatic heterocycles. The molecule has 2 heterocycles. The van der Waals surface area contributed by atoms with E-state index in [1.54, 1.807) is 24.5 Å². The van der Waals surface area contributed by atoms with Gasteiger partial charge in [-0.25, -0.2) is 9.37 Å². The van der Waals surface area contributed by atoms with Crippen LogP contribution in [0.4, 0.5) is 4.39 Å². The minimum atomic E-state index is -0.465. The lowest BCUT2D eigenvalue weighted by atomic mass is 10.0. The van der Waals surface area contributed by atoms with Gasteiger partial charge in [-0.05, 0) is 38.0 Å². The number of aromatic amines is 1. The van der Waals surface area contributed by atoms with Gasteiger partial charge in [0.2, 0.25) is 5.91 Å². The molecular formula is C18H19FN4O2. The predicted molar refractivity (Wildman–Crippen MR) is 89.3 cm³/mol. The molecule has 1 amide bonds. The van der Waals surface area contributed by atoms with E-state index in [0.29, 0.717) is 18.7 Å². The molecule has 7 heteroatoms. The highest BCUT2D eigenvalue weighted by Gasteiger charge is 2.20. The zero-order valence-electron chi connectivity index (χ0n) is 14.0. The number of H-pyrrole nitrogens is 1. The molecule has 0 saturated carbocycles. The molecule has 0 radical (unpaired) electrons. The van der Waals surface area contributed by atoms with E-state index >= 15 is 0 Å². The van der Waals surface area contributed by atoms with Crippen LogP contribution in [0.1, 0.15) is 40.9 Å². The van der Waals surface area contributed by atoms with Crippen molar-refractivity contribution in [3.63, 3.8) is 0 Å². The number of hydrogen-bond acceptors (Lipinski definition) is 4. The number of nitrogens with zero attached hydrogens (tertiary/aromatic N) is 2. The smallest absolute Gasteiger partial charge is 0.221 e. The summed E-state index contributed by atoms with van der Waals surface area (Å²) in [5.74, 6) is 0.862. The van der Waals surface area contributed by atoms with Crippen molar-refractivity contribution in [3.05, 3.63) is 70.9 Å². The second-order valence-corrected chi connectivity index (χ2v) is 5.83. The fourth-order valence-corrected chi connectivity index (χ4v) is 2.73. The number of carbonyl (C=O) groups is 1. The van der Waals surface area contributed by atoms with Gasteiger partial charge in [0, 0.05) is 24.4 Å². The van der Waals surface area contributed by atoms with Crippen LogP contribution in [0, 0.1) is 19.7 Å². The van der Waals surface area contributed by atoms with Crippen molar-refractivity contribution < 1.29 is 13.7 Å². The standard InChI is InChI=1S/C18H19FN4O2/c1-11-15(12(2)25-23-11)7-8-16(24)22-17(18-20-9-10-21-18)13-3-5-14(19)6-4-13/h3-6,9-10,17H,7-8H2,1-2H3,(H,20,21)(H,22,24). The molecule has 0 bridgehead atoms. The van der Waals surface area contributed by atoms with E-state index in [0.717, 1.165) is 22.6 Å². The average molecular weight is 342 g/mol.